The van der Waals surface area contributed by atoms with Gasteiger partial charge >= 0.3 is 0 Å². The summed E-state index contributed by atoms with van der Waals surface area (Å²) in [6.45, 7) is 1.61. The Labute approximate surface area is 94.4 Å². The summed E-state index contributed by atoms with van der Waals surface area (Å²) >= 11 is 0. The minimum absolute atomic E-state index is 0.0134. The molecule has 1 fully saturated rings. The molecule has 1 saturated carbocycles. The van der Waals surface area contributed by atoms with E-state index in [0.29, 0.717) is 18.4 Å². The lowest BCUT2D eigenvalue weighted by molar-refractivity contribution is 0.408. The largest absolute Gasteiger partial charge is 0.328 e. The maximum Gasteiger partial charge on any atom is 0.181 e. The molecule has 1 aliphatic rings. The van der Waals surface area contributed by atoms with E-state index in [1.54, 1.807) is 6.92 Å². The van der Waals surface area contributed by atoms with Gasteiger partial charge in [-0.2, -0.15) is 0 Å². The second-order valence-electron chi connectivity index (χ2n) is 4.31. The van der Waals surface area contributed by atoms with Gasteiger partial charge in [-0.15, -0.1) is 0 Å². The van der Waals surface area contributed by atoms with Crippen molar-refractivity contribution >= 4 is 9.84 Å². The summed E-state index contributed by atoms with van der Waals surface area (Å²) in [5.41, 5.74) is 6.04. The molecule has 0 heterocycles. The predicted octanol–water partition coefficient (Wildman–Crippen LogP) is 1.40. The first kappa shape index (κ1) is 11.5. The quantitative estimate of drug-likeness (QED) is 0.799. The number of halogens is 1. The molecular weight excluding hydrogens is 229 g/mol. The van der Waals surface area contributed by atoms with Gasteiger partial charge in [0.25, 0.3) is 0 Å². The zero-order valence-corrected chi connectivity index (χ0v) is 9.80. The van der Waals surface area contributed by atoms with E-state index in [-0.39, 0.29) is 10.9 Å². The second-order valence-corrected chi connectivity index (χ2v) is 6.50. The average Bonchev–Trinajstić information content (AvgIpc) is 2.12. The standard InChI is InChI=1S/C11H14FNO2S/c1-7-4-8(12)2-3-11(7)16(14,15)10-5-9(13)6-10/h2-4,9-10H,5-6,13H2,1H3. The minimum Gasteiger partial charge on any atom is -0.328 e. The van der Waals surface area contributed by atoms with Crippen LogP contribution in [-0.2, 0) is 9.84 Å². The highest BCUT2D eigenvalue weighted by atomic mass is 32.2. The van der Waals surface area contributed by atoms with E-state index in [2.05, 4.69) is 0 Å². The Balaban J connectivity index is 2.36. The van der Waals surface area contributed by atoms with Crippen molar-refractivity contribution in [2.45, 2.75) is 36.0 Å². The Morgan fingerprint density at radius 1 is 1.38 bits per heavy atom. The highest BCUT2D eigenvalue weighted by molar-refractivity contribution is 7.92. The molecule has 16 heavy (non-hydrogen) atoms. The van der Waals surface area contributed by atoms with E-state index in [1.165, 1.54) is 18.2 Å². The summed E-state index contributed by atoms with van der Waals surface area (Å²) in [5.74, 6) is -0.415. The number of rotatable bonds is 2. The lowest BCUT2D eigenvalue weighted by atomic mass is 9.93. The van der Waals surface area contributed by atoms with Crippen LogP contribution in [0.2, 0.25) is 0 Å². The normalized spacial score (nSPS) is 25.2. The smallest absolute Gasteiger partial charge is 0.181 e. The van der Waals surface area contributed by atoms with Crippen molar-refractivity contribution in [3.05, 3.63) is 29.6 Å². The molecule has 5 heteroatoms. The van der Waals surface area contributed by atoms with E-state index in [4.69, 9.17) is 5.73 Å². The predicted molar refractivity (Wildman–Crippen MR) is 59.3 cm³/mol. The monoisotopic (exact) mass is 243 g/mol. The third-order valence-corrected chi connectivity index (χ3v) is 5.35. The Morgan fingerprint density at radius 2 is 2.00 bits per heavy atom. The number of aryl methyl sites for hydroxylation is 1. The van der Waals surface area contributed by atoms with E-state index in [0.717, 1.165) is 0 Å². The van der Waals surface area contributed by atoms with Crippen molar-refractivity contribution in [2.24, 2.45) is 5.73 Å². The molecule has 0 unspecified atom stereocenters. The van der Waals surface area contributed by atoms with Crippen molar-refractivity contribution in [2.75, 3.05) is 0 Å². The van der Waals surface area contributed by atoms with Gasteiger partial charge in [-0.05, 0) is 43.5 Å². The van der Waals surface area contributed by atoms with Crippen molar-refractivity contribution < 1.29 is 12.8 Å². The summed E-state index contributed by atoms with van der Waals surface area (Å²) in [5, 5.41) is -0.397. The number of hydrogen-bond acceptors (Lipinski definition) is 3. The molecule has 0 amide bonds. The van der Waals surface area contributed by atoms with Crippen LogP contribution in [0.25, 0.3) is 0 Å². The third kappa shape index (κ3) is 1.85. The second kappa shape index (κ2) is 3.82. The summed E-state index contributed by atoms with van der Waals surface area (Å²) in [6, 6.07) is 3.74. The Morgan fingerprint density at radius 3 is 2.50 bits per heavy atom. The highest BCUT2D eigenvalue weighted by Gasteiger charge is 2.38. The van der Waals surface area contributed by atoms with E-state index in [1.807, 2.05) is 0 Å². The Hall–Kier alpha value is -0.940. The van der Waals surface area contributed by atoms with Gasteiger partial charge in [-0.1, -0.05) is 0 Å². The van der Waals surface area contributed by atoms with Crippen LogP contribution < -0.4 is 5.73 Å². The third-order valence-electron chi connectivity index (χ3n) is 3.01. The van der Waals surface area contributed by atoms with Gasteiger partial charge in [0.15, 0.2) is 9.84 Å². The van der Waals surface area contributed by atoms with Crippen LogP contribution in [0.5, 0.6) is 0 Å². The van der Waals surface area contributed by atoms with Crippen LogP contribution in [0.1, 0.15) is 18.4 Å². The van der Waals surface area contributed by atoms with Gasteiger partial charge < -0.3 is 5.73 Å². The molecule has 0 atom stereocenters. The van der Waals surface area contributed by atoms with Crippen molar-refractivity contribution in [1.29, 1.82) is 0 Å². The molecule has 1 aromatic carbocycles. The minimum atomic E-state index is -3.33. The number of hydrogen-bond donors (Lipinski definition) is 1. The molecule has 1 aliphatic carbocycles. The van der Waals surface area contributed by atoms with Gasteiger partial charge in [0.2, 0.25) is 0 Å². The SMILES string of the molecule is Cc1cc(F)ccc1S(=O)(=O)C1CC(N)C1. The maximum absolute atomic E-state index is 12.9. The van der Waals surface area contributed by atoms with Crippen molar-refractivity contribution in [3.8, 4) is 0 Å². The van der Waals surface area contributed by atoms with Crippen LogP contribution in [0.4, 0.5) is 4.39 Å². The molecule has 1 aromatic rings. The molecule has 2 N–H and O–H groups in total. The fourth-order valence-corrected chi connectivity index (χ4v) is 4.10. The first-order valence-electron chi connectivity index (χ1n) is 5.17. The number of sulfone groups is 1. The molecule has 0 aliphatic heterocycles. The topological polar surface area (TPSA) is 60.2 Å². The zero-order chi connectivity index (χ0) is 11.9. The fourth-order valence-electron chi connectivity index (χ4n) is 1.97. The fraction of sp³-hybridized carbons (Fsp3) is 0.455. The van der Waals surface area contributed by atoms with Gasteiger partial charge in [-0.3, -0.25) is 0 Å². The molecule has 0 saturated heterocycles. The van der Waals surface area contributed by atoms with Gasteiger partial charge in [-0.25, -0.2) is 12.8 Å². The van der Waals surface area contributed by atoms with Crippen molar-refractivity contribution in [3.63, 3.8) is 0 Å². The van der Waals surface area contributed by atoms with Crippen LogP contribution in [0.3, 0.4) is 0 Å². The highest BCUT2D eigenvalue weighted by Crippen LogP contribution is 2.31. The molecule has 0 aromatic heterocycles. The summed E-state index contributed by atoms with van der Waals surface area (Å²) in [6.07, 6.45) is 0.998. The van der Waals surface area contributed by atoms with E-state index >= 15 is 0 Å². The molecule has 88 valence electrons. The summed E-state index contributed by atoms with van der Waals surface area (Å²) in [7, 11) is -3.33. The Bertz CT molecular complexity index is 507. The van der Waals surface area contributed by atoms with Crippen LogP contribution in [-0.4, -0.2) is 19.7 Å². The van der Waals surface area contributed by atoms with Crippen LogP contribution >= 0.6 is 0 Å². The molecule has 0 radical (unpaired) electrons. The van der Waals surface area contributed by atoms with Crippen molar-refractivity contribution in [1.82, 2.24) is 0 Å². The maximum atomic E-state index is 12.9. The van der Waals surface area contributed by atoms with Gasteiger partial charge in [0, 0.05) is 6.04 Å². The van der Waals surface area contributed by atoms with E-state index < -0.39 is 20.9 Å². The first-order chi connectivity index (χ1) is 7.41. The molecular formula is C11H14FNO2S. The summed E-state index contributed by atoms with van der Waals surface area (Å²) in [4.78, 5) is 0.228. The molecule has 2 rings (SSSR count). The van der Waals surface area contributed by atoms with Gasteiger partial charge in [0.1, 0.15) is 5.82 Å². The Kier molecular flexibility index (Phi) is 2.75. The average molecular weight is 243 g/mol. The lowest BCUT2D eigenvalue weighted by Gasteiger charge is -2.32. The van der Waals surface area contributed by atoms with Crippen LogP contribution in [0.15, 0.2) is 23.1 Å². The number of nitrogens with two attached hydrogens (primary N) is 1. The molecule has 0 bridgehead atoms. The summed E-state index contributed by atoms with van der Waals surface area (Å²) < 4.78 is 37.1. The number of benzene rings is 1. The first-order valence-corrected chi connectivity index (χ1v) is 6.71. The van der Waals surface area contributed by atoms with E-state index in [9.17, 15) is 12.8 Å². The lowest BCUT2D eigenvalue weighted by Crippen LogP contribution is -2.44. The van der Waals surface area contributed by atoms with Crippen LogP contribution in [0, 0.1) is 12.7 Å². The zero-order valence-electron chi connectivity index (χ0n) is 8.98. The van der Waals surface area contributed by atoms with Gasteiger partial charge in [0.05, 0.1) is 10.1 Å². The molecule has 3 nitrogen and oxygen atoms in total. The molecule has 0 spiro atoms.